The lowest BCUT2D eigenvalue weighted by Crippen LogP contribution is -2.46. The van der Waals surface area contributed by atoms with Crippen LogP contribution >= 0.6 is 7.82 Å². The minimum Gasteiger partial charge on any atom is -0.756 e. The maximum atomic E-state index is 12.7. The lowest BCUT2D eigenvalue weighted by molar-refractivity contribution is -0.870. The van der Waals surface area contributed by atoms with E-state index < -0.39 is 20.0 Å². The van der Waals surface area contributed by atoms with Crippen LogP contribution in [0.25, 0.3) is 0 Å². The number of aliphatic hydroxyl groups is 1. The van der Waals surface area contributed by atoms with Crippen LogP contribution in [0.4, 0.5) is 0 Å². The third kappa shape index (κ3) is 43.0. The molecule has 0 rings (SSSR count). The van der Waals surface area contributed by atoms with E-state index in [4.69, 9.17) is 9.05 Å². The van der Waals surface area contributed by atoms with Crippen LogP contribution in [0.3, 0.4) is 0 Å². The summed E-state index contributed by atoms with van der Waals surface area (Å²) in [4.78, 5) is 25.0. The van der Waals surface area contributed by atoms with Crippen LogP contribution < -0.4 is 10.2 Å². The van der Waals surface area contributed by atoms with Gasteiger partial charge in [-0.25, -0.2) is 0 Å². The van der Waals surface area contributed by atoms with Crippen molar-refractivity contribution in [1.82, 2.24) is 5.32 Å². The number of rotatable bonds is 39. The molecule has 3 unspecified atom stereocenters. The molecule has 60 heavy (non-hydrogen) atoms. The highest BCUT2D eigenvalue weighted by Crippen LogP contribution is 2.38. The third-order valence-corrected chi connectivity index (χ3v) is 10.2. The molecule has 0 spiro atoms. The van der Waals surface area contributed by atoms with E-state index >= 15 is 0 Å². The van der Waals surface area contributed by atoms with E-state index in [0.717, 1.165) is 116 Å². The lowest BCUT2D eigenvalue weighted by Gasteiger charge is -2.30. The Bertz CT molecular complexity index is 1380. The van der Waals surface area contributed by atoms with Gasteiger partial charge < -0.3 is 28.8 Å². The molecule has 340 valence electrons. The average Bonchev–Trinajstić information content (AvgIpc) is 3.20. The van der Waals surface area contributed by atoms with Crippen molar-refractivity contribution in [2.45, 2.75) is 154 Å². The smallest absolute Gasteiger partial charge is 0.268 e. The fourth-order valence-corrected chi connectivity index (χ4v) is 6.32. The van der Waals surface area contributed by atoms with Crippen molar-refractivity contribution in [3.05, 3.63) is 122 Å². The van der Waals surface area contributed by atoms with Gasteiger partial charge in [-0.05, 0) is 89.9 Å². The first-order chi connectivity index (χ1) is 29.0. The number of carbonyl (C=O) groups is 1. The molecule has 0 fully saturated rings. The van der Waals surface area contributed by atoms with Crippen molar-refractivity contribution < 1.29 is 32.9 Å². The number of amides is 1. The van der Waals surface area contributed by atoms with Crippen LogP contribution in [0.15, 0.2) is 122 Å². The van der Waals surface area contributed by atoms with E-state index in [1.54, 1.807) is 0 Å². The second kappa shape index (κ2) is 41.3. The molecule has 0 aliphatic rings. The number of phosphoric acid groups is 1. The SMILES string of the molecule is CC/C=C\C/C=C\C/C=C\C/C=C\C/C=C\C/C=C\C/C=C\C/C=C\C/C=C\C/C=C\CCCCCCC(=O)NC(COP(=O)([O-])OCC[N+](C)(C)C)C(O)CCCCC. The second-order valence-electron chi connectivity index (χ2n) is 16.0. The Hall–Kier alpha value is -3.10. The van der Waals surface area contributed by atoms with Crippen molar-refractivity contribution in [1.29, 1.82) is 0 Å². The maximum absolute atomic E-state index is 12.7. The fourth-order valence-electron chi connectivity index (χ4n) is 5.59. The number of phosphoric ester groups is 1. The van der Waals surface area contributed by atoms with Crippen molar-refractivity contribution in [3.63, 3.8) is 0 Å². The van der Waals surface area contributed by atoms with Crippen LogP contribution in [-0.4, -0.2) is 68.5 Å². The summed E-state index contributed by atoms with van der Waals surface area (Å²) in [5.74, 6) is -0.209. The van der Waals surface area contributed by atoms with Crippen molar-refractivity contribution >= 4 is 13.7 Å². The van der Waals surface area contributed by atoms with E-state index in [1.807, 2.05) is 21.1 Å². The molecule has 0 saturated heterocycles. The van der Waals surface area contributed by atoms with Gasteiger partial charge in [0.2, 0.25) is 5.91 Å². The Morgan fingerprint density at radius 2 is 1.02 bits per heavy atom. The highest BCUT2D eigenvalue weighted by molar-refractivity contribution is 7.45. The highest BCUT2D eigenvalue weighted by Gasteiger charge is 2.24. The zero-order valence-electron chi connectivity index (χ0n) is 38.3. The molecule has 0 aliphatic carbocycles. The molecule has 2 N–H and O–H groups in total. The lowest BCUT2D eigenvalue weighted by atomic mass is 10.0. The van der Waals surface area contributed by atoms with Gasteiger partial charge in [0.1, 0.15) is 13.2 Å². The Balaban J connectivity index is 4.01. The molecule has 0 aromatic heterocycles. The van der Waals surface area contributed by atoms with Crippen LogP contribution in [0.5, 0.6) is 0 Å². The van der Waals surface area contributed by atoms with E-state index in [2.05, 4.69) is 141 Å². The van der Waals surface area contributed by atoms with Crippen LogP contribution in [0, 0.1) is 0 Å². The predicted octanol–water partition coefficient (Wildman–Crippen LogP) is 12.4. The number of allylic oxidation sites excluding steroid dienone is 20. The van der Waals surface area contributed by atoms with E-state index in [-0.39, 0.29) is 19.1 Å². The zero-order chi connectivity index (χ0) is 44.3. The summed E-state index contributed by atoms with van der Waals surface area (Å²) in [5.41, 5.74) is 0. The minimum atomic E-state index is -4.56. The molecule has 3 atom stereocenters. The summed E-state index contributed by atoms with van der Waals surface area (Å²) in [6.07, 6.45) is 61.7. The monoisotopic (exact) mass is 853 g/mol. The maximum Gasteiger partial charge on any atom is 0.268 e. The van der Waals surface area contributed by atoms with E-state index in [1.165, 1.54) is 0 Å². The van der Waals surface area contributed by atoms with Crippen molar-refractivity contribution in [2.75, 3.05) is 40.9 Å². The predicted molar refractivity (Wildman–Crippen MR) is 255 cm³/mol. The highest BCUT2D eigenvalue weighted by atomic mass is 31.2. The molecule has 0 aromatic carbocycles. The Labute approximate surface area is 367 Å². The van der Waals surface area contributed by atoms with Crippen LogP contribution in [0.1, 0.15) is 142 Å². The normalized spacial score (nSPS) is 15.4. The Morgan fingerprint density at radius 3 is 1.43 bits per heavy atom. The minimum absolute atomic E-state index is 0.00218. The first-order valence-corrected chi connectivity index (χ1v) is 24.3. The van der Waals surface area contributed by atoms with Gasteiger partial charge in [0.25, 0.3) is 7.82 Å². The Kier molecular flexibility index (Phi) is 39.1. The summed E-state index contributed by atoms with van der Waals surface area (Å²) >= 11 is 0. The fraction of sp³-hybridized carbons (Fsp3) is 0.588. The molecule has 0 radical (unpaired) electrons. The number of hydrogen-bond acceptors (Lipinski definition) is 6. The molecule has 0 bridgehead atoms. The zero-order valence-corrected chi connectivity index (χ0v) is 39.2. The number of carbonyl (C=O) groups excluding carboxylic acids is 1. The number of hydrogen-bond donors (Lipinski definition) is 2. The number of likely N-dealkylation sites (N-methyl/N-ethyl adjacent to an activating group) is 1. The molecule has 0 saturated carbocycles. The standard InChI is InChI=1S/C51H85N2O6P/c1-6-8-10-11-12-13-14-15-16-17-18-19-20-21-22-23-24-25-26-27-28-29-30-31-32-33-34-35-36-37-38-39-40-41-43-45-51(55)52-49(50(54)44-42-9-7-2)48-59-60(56,57)58-47-46-53(3,4)5/h8,10,12-13,15-16,18-19,21-22,24-25,27-28,30-31,33-34,36-37,49-50,54H,6-7,9,11,14,17,20,23,26,29,32,35,38-48H2,1-5H3,(H-,52,55,56,57)/b10-8-,13-12-,16-15-,19-18-,22-21-,25-24-,28-27-,31-30-,34-33-,37-36-. The van der Waals surface area contributed by atoms with Gasteiger partial charge in [0, 0.05) is 6.42 Å². The first kappa shape index (κ1) is 56.9. The van der Waals surface area contributed by atoms with Crippen molar-refractivity contribution in [3.8, 4) is 0 Å². The van der Waals surface area contributed by atoms with Gasteiger partial charge in [-0.3, -0.25) is 9.36 Å². The van der Waals surface area contributed by atoms with Gasteiger partial charge in [-0.2, -0.15) is 0 Å². The van der Waals surface area contributed by atoms with Crippen LogP contribution in [-0.2, 0) is 18.4 Å². The summed E-state index contributed by atoms with van der Waals surface area (Å²) in [6, 6.07) is -0.818. The van der Waals surface area contributed by atoms with Gasteiger partial charge in [0.15, 0.2) is 0 Å². The number of unbranched alkanes of at least 4 members (excludes halogenated alkanes) is 6. The summed E-state index contributed by atoms with van der Waals surface area (Å²) in [7, 11) is 1.25. The number of nitrogens with zero attached hydrogens (tertiary/aromatic N) is 1. The van der Waals surface area contributed by atoms with Crippen LogP contribution in [0.2, 0.25) is 0 Å². The van der Waals surface area contributed by atoms with E-state index in [0.29, 0.717) is 23.9 Å². The van der Waals surface area contributed by atoms with Gasteiger partial charge >= 0.3 is 0 Å². The number of aliphatic hydroxyl groups excluding tert-OH is 1. The average molecular weight is 853 g/mol. The second-order valence-corrected chi connectivity index (χ2v) is 17.4. The summed E-state index contributed by atoms with van der Waals surface area (Å²) in [5, 5.41) is 13.5. The molecule has 9 heteroatoms. The molecule has 1 amide bonds. The Morgan fingerprint density at radius 1 is 0.600 bits per heavy atom. The molecule has 0 aliphatic heterocycles. The largest absolute Gasteiger partial charge is 0.756 e. The number of quaternary nitrogens is 1. The molecular formula is C51H85N2O6P. The summed E-state index contributed by atoms with van der Waals surface area (Å²) < 4.78 is 22.9. The van der Waals surface area contributed by atoms with E-state index in [9.17, 15) is 19.4 Å². The molecule has 0 aromatic rings. The topological polar surface area (TPSA) is 108 Å². The number of nitrogens with one attached hydrogen (secondary N) is 1. The quantitative estimate of drug-likeness (QED) is 0.0276. The summed E-state index contributed by atoms with van der Waals surface area (Å²) in [6.45, 7) is 4.37. The molecular weight excluding hydrogens is 768 g/mol. The third-order valence-electron chi connectivity index (χ3n) is 9.21. The van der Waals surface area contributed by atoms with Gasteiger partial charge in [-0.1, -0.05) is 167 Å². The molecule has 0 heterocycles. The van der Waals surface area contributed by atoms with Gasteiger partial charge in [0.05, 0.1) is 39.9 Å². The first-order valence-electron chi connectivity index (χ1n) is 22.9. The van der Waals surface area contributed by atoms with Gasteiger partial charge in [-0.15, -0.1) is 0 Å². The van der Waals surface area contributed by atoms with Crippen molar-refractivity contribution in [2.24, 2.45) is 0 Å². The molecule has 8 nitrogen and oxygen atoms in total.